The third-order valence-electron chi connectivity index (χ3n) is 3.33. The van der Waals surface area contributed by atoms with Crippen LogP contribution in [0.1, 0.15) is 64.9 Å². The molecule has 0 saturated carbocycles. The molecule has 0 aliphatic rings. The predicted octanol–water partition coefficient (Wildman–Crippen LogP) is 3.55. The average Bonchev–Trinajstić information content (AvgIpc) is 2.25. The van der Waals surface area contributed by atoms with Crippen molar-refractivity contribution in [1.29, 1.82) is 0 Å². The number of rotatable bonds is 2. The lowest BCUT2D eigenvalue weighted by Crippen LogP contribution is -2.20. The molecule has 2 atom stereocenters. The van der Waals surface area contributed by atoms with Crippen LogP contribution in [-0.4, -0.2) is 15.3 Å². The highest BCUT2D eigenvalue weighted by Crippen LogP contribution is 2.43. The normalized spacial score (nSPS) is 16.2. The lowest BCUT2D eigenvalue weighted by atomic mass is 9.80. The van der Waals surface area contributed by atoms with Crippen molar-refractivity contribution in [2.24, 2.45) is 10.8 Å². The summed E-state index contributed by atoms with van der Waals surface area (Å²) in [7, 11) is 0. The largest absolute Gasteiger partial charge is 0.507 e. The number of hydrogen-bond donors (Lipinski definition) is 3. The van der Waals surface area contributed by atoms with E-state index in [-0.39, 0.29) is 16.6 Å². The van der Waals surface area contributed by atoms with E-state index in [0.29, 0.717) is 11.1 Å². The Kier molecular flexibility index (Phi) is 4.33. The molecule has 0 bridgehead atoms. The van der Waals surface area contributed by atoms with Gasteiger partial charge in [-0.05, 0) is 10.8 Å². The first-order valence-electron chi connectivity index (χ1n) is 6.64. The first-order chi connectivity index (χ1) is 8.46. The number of phenols is 1. The zero-order valence-corrected chi connectivity index (χ0v) is 12.7. The number of benzene rings is 1. The van der Waals surface area contributed by atoms with Gasteiger partial charge in [0.1, 0.15) is 5.75 Å². The molecule has 0 saturated heterocycles. The number of hydrogen-bond acceptors (Lipinski definition) is 3. The van der Waals surface area contributed by atoms with Gasteiger partial charge in [0.25, 0.3) is 0 Å². The number of aliphatic hydroxyl groups excluding tert-OH is 2. The average molecular weight is 266 g/mol. The van der Waals surface area contributed by atoms with E-state index in [0.717, 1.165) is 0 Å². The van der Waals surface area contributed by atoms with E-state index in [1.165, 1.54) is 0 Å². The molecule has 0 spiro atoms. The zero-order valence-electron chi connectivity index (χ0n) is 12.7. The molecule has 1 aromatic carbocycles. The summed E-state index contributed by atoms with van der Waals surface area (Å²) in [6, 6.07) is 5.16. The van der Waals surface area contributed by atoms with Gasteiger partial charge in [-0.15, -0.1) is 0 Å². The fourth-order valence-corrected chi connectivity index (χ4v) is 1.95. The van der Waals surface area contributed by atoms with Gasteiger partial charge in [0.2, 0.25) is 0 Å². The number of aromatic hydroxyl groups is 1. The quantitative estimate of drug-likeness (QED) is 0.767. The Morgan fingerprint density at radius 1 is 0.789 bits per heavy atom. The predicted molar refractivity (Wildman–Crippen MR) is 76.9 cm³/mol. The van der Waals surface area contributed by atoms with Crippen molar-refractivity contribution >= 4 is 0 Å². The molecule has 0 aliphatic heterocycles. The molecule has 0 heterocycles. The number of aliphatic hydroxyl groups is 2. The minimum atomic E-state index is -0.778. The molecule has 3 N–H and O–H groups in total. The smallest absolute Gasteiger partial charge is 0.127 e. The second-order valence-electron chi connectivity index (χ2n) is 7.32. The topological polar surface area (TPSA) is 60.7 Å². The lowest BCUT2D eigenvalue weighted by Gasteiger charge is -2.30. The molecule has 19 heavy (non-hydrogen) atoms. The van der Waals surface area contributed by atoms with Gasteiger partial charge < -0.3 is 15.3 Å². The summed E-state index contributed by atoms with van der Waals surface area (Å²) in [6.07, 6.45) is -1.56. The summed E-state index contributed by atoms with van der Waals surface area (Å²) < 4.78 is 0. The maximum absolute atomic E-state index is 10.3. The number of phenolic OH excluding ortho intramolecular Hbond substituents is 1. The standard InChI is InChI=1S/C16H26O3/c1-15(2,3)13(18)10-8-7-9-11(12(10)17)14(19)16(4,5)6/h7-9,13-14,17-19H,1-6H3. The summed E-state index contributed by atoms with van der Waals surface area (Å²) in [5.41, 5.74) is 0.188. The molecule has 108 valence electrons. The van der Waals surface area contributed by atoms with Crippen LogP contribution in [0.25, 0.3) is 0 Å². The molecule has 3 heteroatoms. The summed E-state index contributed by atoms with van der Waals surface area (Å²) in [4.78, 5) is 0. The fourth-order valence-electron chi connectivity index (χ4n) is 1.95. The van der Waals surface area contributed by atoms with Crippen molar-refractivity contribution in [3.05, 3.63) is 29.3 Å². The van der Waals surface area contributed by atoms with Crippen LogP contribution in [0.15, 0.2) is 18.2 Å². The molecule has 0 amide bonds. The van der Waals surface area contributed by atoms with Crippen molar-refractivity contribution < 1.29 is 15.3 Å². The van der Waals surface area contributed by atoms with Crippen molar-refractivity contribution in [1.82, 2.24) is 0 Å². The highest BCUT2D eigenvalue weighted by molar-refractivity contribution is 5.43. The van der Waals surface area contributed by atoms with E-state index in [1.807, 2.05) is 41.5 Å². The summed E-state index contributed by atoms with van der Waals surface area (Å²) in [6.45, 7) is 11.4. The summed E-state index contributed by atoms with van der Waals surface area (Å²) in [5, 5.41) is 30.9. The van der Waals surface area contributed by atoms with E-state index in [9.17, 15) is 15.3 Å². The minimum absolute atomic E-state index is 0.00708. The van der Waals surface area contributed by atoms with Crippen LogP contribution in [0.5, 0.6) is 5.75 Å². The molecule has 0 aliphatic carbocycles. The van der Waals surface area contributed by atoms with Crippen molar-refractivity contribution in [2.45, 2.75) is 53.8 Å². The van der Waals surface area contributed by atoms with Crippen molar-refractivity contribution in [3.8, 4) is 5.75 Å². The van der Waals surface area contributed by atoms with E-state index < -0.39 is 12.2 Å². The highest BCUT2D eigenvalue weighted by Gasteiger charge is 2.31. The zero-order chi connectivity index (χ0) is 15.0. The van der Waals surface area contributed by atoms with Crippen LogP contribution < -0.4 is 0 Å². The first kappa shape index (κ1) is 16.0. The van der Waals surface area contributed by atoms with Crippen LogP contribution in [0, 0.1) is 10.8 Å². The Labute approximate surface area is 115 Å². The second-order valence-corrected chi connectivity index (χ2v) is 7.32. The van der Waals surface area contributed by atoms with Gasteiger partial charge in [-0.2, -0.15) is 0 Å². The van der Waals surface area contributed by atoms with Gasteiger partial charge >= 0.3 is 0 Å². The Morgan fingerprint density at radius 2 is 1.11 bits per heavy atom. The van der Waals surface area contributed by atoms with E-state index >= 15 is 0 Å². The van der Waals surface area contributed by atoms with Crippen LogP contribution in [-0.2, 0) is 0 Å². The Bertz CT molecular complexity index is 400. The molecule has 0 radical (unpaired) electrons. The van der Waals surface area contributed by atoms with E-state index in [1.54, 1.807) is 18.2 Å². The maximum Gasteiger partial charge on any atom is 0.127 e. The fraction of sp³-hybridized carbons (Fsp3) is 0.625. The molecule has 1 rings (SSSR count). The van der Waals surface area contributed by atoms with Gasteiger partial charge in [-0.3, -0.25) is 0 Å². The van der Waals surface area contributed by atoms with Crippen LogP contribution in [0.4, 0.5) is 0 Å². The van der Waals surface area contributed by atoms with Crippen LogP contribution >= 0.6 is 0 Å². The maximum atomic E-state index is 10.3. The van der Waals surface area contributed by atoms with Crippen molar-refractivity contribution in [2.75, 3.05) is 0 Å². The van der Waals surface area contributed by atoms with Gasteiger partial charge in [0.15, 0.2) is 0 Å². The summed E-state index contributed by atoms with van der Waals surface area (Å²) >= 11 is 0. The van der Waals surface area contributed by atoms with Gasteiger partial charge in [0.05, 0.1) is 12.2 Å². The third kappa shape index (κ3) is 3.48. The second kappa shape index (κ2) is 5.14. The molecule has 2 unspecified atom stereocenters. The molecular formula is C16H26O3. The molecule has 1 aromatic rings. The number of para-hydroxylation sites is 1. The SMILES string of the molecule is CC(C)(C)C(O)c1cccc(C(O)C(C)(C)C)c1O. The van der Waals surface area contributed by atoms with Gasteiger partial charge in [-0.25, -0.2) is 0 Å². The van der Waals surface area contributed by atoms with Gasteiger partial charge in [0, 0.05) is 11.1 Å². The Balaban J connectivity index is 3.27. The van der Waals surface area contributed by atoms with E-state index in [2.05, 4.69) is 0 Å². The van der Waals surface area contributed by atoms with E-state index in [4.69, 9.17) is 0 Å². The monoisotopic (exact) mass is 266 g/mol. The Hall–Kier alpha value is -1.06. The lowest BCUT2D eigenvalue weighted by molar-refractivity contribution is 0.0526. The molecule has 0 aromatic heterocycles. The van der Waals surface area contributed by atoms with Gasteiger partial charge in [-0.1, -0.05) is 59.7 Å². The third-order valence-corrected chi connectivity index (χ3v) is 3.33. The molecule has 0 fully saturated rings. The first-order valence-corrected chi connectivity index (χ1v) is 6.64. The highest BCUT2D eigenvalue weighted by atomic mass is 16.3. The van der Waals surface area contributed by atoms with Crippen LogP contribution in [0.2, 0.25) is 0 Å². The minimum Gasteiger partial charge on any atom is -0.507 e. The van der Waals surface area contributed by atoms with Crippen LogP contribution in [0.3, 0.4) is 0 Å². The Morgan fingerprint density at radius 3 is 1.37 bits per heavy atom. The van der Waals surface area contributed by atoms with Crippen molar-refractivity contribution in [3.63, 3.8) is 0 Å². The molecule has 3 nitrogen and oxygen atoms in total. The molecular weight excluding hydrogens is 240 g/mol. The summed E-state index contributed by atoms with van der Waals surface area (Å²) in [5.74, 6) is -0.00708.